The van der Waals surface area contributed by atoms with Crippen molar-refractivity contribution in [3.8, 4) is 0 Å². The Morgan fingerprint density at radius 3 is 1.44 bits per heavy atom. The Morgan fingerprint density at radius 1 is 0.750 bits per heavy atom. The van der Waals surface area contributed by atoms with E-state index in [9.17, 15) is 0 Å². The quantitative estimate of drug-likeness (QED) is 0.754. The van der Waals surface area contributed by atoms with Crippen LogP contribution in [0.5, 0.6) is 0 Å². The predicted molar refractivity (Wildman–Crippen MR) is 72.9 cm³/mol. The molecular weight excluding hydrogens is 212 g/mol. The first-order valence-electron chi connectivity index (χ1n) is 5.43. The molecule has 16 heavy (non-hydrogen) atoms. The highest BCUT2D eigenvalue weighted by molar-refractivity contribution is 7.99. The summed E-state index contributed by atoms with van der Waals surface area (Å²) in [6.07, 6.45) is 2.17. The second kappa shape index (κ2) is 4.75. The lowest BCUT2D eigenvalue weighted by atomic mass is 9.92. The molecule has 0 amide bonds. The van der Waals surface area contributed by atoms with Gasteiger partial charge in [-0.25, -0.2) is 0 Å². The number of benzene rings is 2. The SMILES string of the molecule is CSC(C)(c1ccccc1)c1ccccc1. The van der Waals surface area contributed by atoms with Crippen molar-refractivity contribution in [3.05, 3.63) is 71.8 Å². The van der Waals surface area contributed by atoms with Gasteiger partial charge in [-0.15, -0.1) is 11.8 Å². The molecule has 0 fully saturated rings. The minimum atomic E-state index is 0.0442. The average molecular weight is 228 g/mol. The van der Waals surface area contributed by atoms with Gasteiger partial charge in [-0.2, -0.15) is 0 Å². The minimum Gasteiger partial charge on any atom is -0.149 e. The summed E-state index contributed by atoms with van der Waals surface area (Å²) >= 11 is 1.88. The fraction of sp³-hybridized carbons (Fsp3) is 0.200. The molecule has 0 aromatic heterocycles. The third-order valence-corrected chi connectivity index (χ3v) is 4.35. The second-order valence-electron chi connectivity index (χ2n) is 3.97. The van der Waals surface area contributed by atoms with Crippen LogP contribution in [0.3, 0.4) is 0 Å². The van der Waals surface area contributed by atoms with E-state index in [1.807, 2.05) is 11.8 Å². The van der Waals surface area contributed by atoms with Gasteiger partial charge < -0.3 is 0 Å². The molecule has 0 saturated carbocycles. The Balaban J connectivity index is 2.49. The maximum absolute atomic E-state index is 2.28. The lowest BCUT2D eigenvalue weighted by Crippen LogP contribution is -2.18. The summed E-state index contributed by atoms with van der Waals surface area (Å²) in [7, 11) is 0. The Hall–Kier alpha value is -1.21. The van der Waals surface area contributed by atoms with Crippen LogP contribution in [0.1, 0.15) is 18.1 Å². The molecule has 2 aromatic carbocycles. The number of rotatable bonds is 3. The standard InChI is InChI=1S/C15H16S/c1-15(16-2,13-9-5-3-6-10-13)14-11-7-4-8-12-14/h3-12H,1-2H3. The molecule has 82 valence electrons. The third-order valence-electron chi connectivity index (χ3n) is 3.06. The molecule has 2 aromatic rings. The molecule has 0 aliphatic carbocycles. The van der Waals surface area contributed by atoms with E-state index < -0.39 is 0 Å². The van der Waals surface area contributed by atoms with E-state index in [1.165, 1.54) is 11.1 Å². The van der Waals surface area contributed by atoms with Crippen molar-refractivity contribution < 1.29 is 0 Å². The zero-order valence-electron chi connectivity index (χ0n) is 9.68. The molecular formula is C15H16S. The fourth-order valence-corrected chi connectivity index (χ4v) is 2.66. The largest absolute Gasteiger partial charge is 0.149 e. The Labute approximate surface area is 102 Å². The van der Waals surface area contributed by atoms with E-state index in [0.29, 0.717) is 0 Å². The summed E-state index contributed by atoms with van der Waals surface area (Å²) < 4.78 is 0.0442. The van der Waals surface area contributed by atoms with Crippen molar-refractivity contribution in [3.63, 3.8) is 0 Å². The monoisotopic (exact) mass is 228 g/mol. The highest BCUT2D eigenvalue weighted by Gasteiger charge is 2.26. The van der Waals surface area contributed by atoms with Crippen LogP contribution in [0.15, 0.2) is 60.7 Å². The molecule has 0 radical (unpaired) electrons. The van der Waals surface area contributed by atoms with Crippen molar-refractivity contribution in [2.75, 3.05) is 6.26 Å². The number of hydrogen-bond donors (Lipinski definition) is 0. The maximum Gasteiger partial charge on any atom is 0.0626 e. The van der Waals surface area contributed by atoms with Gasteiger partial charge >= 0.3 is 0 Å². The summed E-state index contributed by atoms with van der Waals surface area (Å²) in [6.45, 7) is 2.28. The molecule has 0 heterocycles. The molecule has 0 aliphatic rings. The van der Waals surface area contributed by atoms with Crippen LogP contribution in [0.2, 0.25) is 0 Å². The van der Waals surface area contributed by atoms with Crippen molar-refractivity contribution in [1.82, 2.24) is 0 Å². The van der Waals surface area contributed by atoms with Crippen LogP contribution in [-0.4, -0.2) is 6.26 Å². The molecule has 0 nitrogen and oxygen atoms in total. The number of hydrogen-bond acceptors (Lipinski definition) is 1. The first-order valence-corrected chi connectivity index (χ1v) is 6.66. The molecule has 2 rings (SSSR count). The van der Waals surface area contributed by atoms with Crippen molar-refractivity contribution in [2.45, 2.75) is 11.7 Å². The van der Waals surface area contributed by atoms with E-state index in [1.54, 1.807) is 0 Å². The third kappa shape index (κ3) is 2.00. The summed E-state index contributed by atoms with van der Waals surface area (Å²) in [5.74, 6) is 0. The van der Waals surface area contributed by atoms with Gasteiger partial charge in [0.2, 0.25) is 0 Å². The molecule has 0 N–H and O–H groups in total. The van der Waals surface area contributed by atoms with Gasteiger partial charge in [0.15, 0.2) is 0 Å². The zero-order valence-corrected chi connectivity index (χ0v) is 10.5. The minimum absolute atomic E-state index is 0.0442. The zero-order chi connectivity index (χ0) is 11.4. The lowest BCUT2D eigenvalue weighted by molar-refractivity contribution is 0.842. The maximum atomic E-state index is 2.28. The molecule has 0 unspecified atom stereocenters. The van der Waals surface area contributed by atoms with Crippen LogP contribution >= 0.6 is 11.8 Å². The molecule has 0 saturated heterocycles. The Morgan fingerprint density at radius 2 is 1.12 bits per heavy atom. The van der Waals surface area contributed by atoms with Gasteiger partial charge in [0.1, 0.15) is 0 Å². The van der Waals surface area contributed by atoms with Crippen LogP contribution < -0.4 is 0 Å². The first-order chi connectivity index (χ1) is 7.77. The van der Waals surface area contributed by atoms with Gasteiger partial charge in [0.25, 0.3) is 0 Å². The highest BCUT2D eigenvalue weighted by atomic mass is 32.2. The molecule has 0 atom stereocenters. The lowest BCUT2D eigenvalue weighted by Gasteiger charge is -2.28. The van der Waals surface area contributed by atoms with Gasteiger partial charge in [-0.05, 0) is 24.3 Å². The normalized spacial score (nSPS) is 11.4. The van der Waals surface area contributed by atoms with Gasteiger partial charge in [0.05, 0.1) is 4.75 Å². The summed E-state index contributed by atoms with van der Waals surface area (Å²) in [5.41, 5.74) is 2.71. The highest BCUT2D eigenvalue weighted by Crippen LogP contribution is 2.40. The van der Waals surface area contributed by atoms with E-state index in [-0.39, 0.29) is 4.75 Å². The van der Waals surface area contributed by atoms with Crippen LogP contribution in [-0.2, 0) is 4.75 Å². The summed E-state index contributed by atoms with van der Waals surface area (Å²) in [6, 6.07) is 21.3. The van der Waals surface area contributed by atoms with Crippen molar-refractivity contribution in [2.24, 2.45) is 0 Å². The summed E-state index contributed by atoms with van der Waals surface area (Å²) in [4.78, 5) is 0. The van der Waals surface area contributed by atoms with Gasteiger partial charge in [-0.3, -0.25) is 0 Å². The Kier molecular flexibility index (Phi) is 3.35. The van der Waals surface area contributed by atoms with Crippen LogP contribution in [0, 0.1) is 0 Å². The molecule has 0 spiro atoms. The second-order valence-corrected chi connectivity index (χ2v) is 5.19. The van der Waals surface area contributed by atoms with Crippen LogP contribution in [0.4, 0.5) is 0 Å². The molecule has 0 aliphatic heterocycles. The summed E-state index contributed by atoms with van der Waals surface area (Å²) in [5, 5.41) is 0. The predicted octanol–water partition coefficient (Wildman–Crippen LogP) is 4.31. The van der Waals surface area contributed by atoms with Crippen LogP contribution in [0.25, 0.3) is 0 Å². The van der Waals surface area contributed by atoms with E-state index in [0.717, 1.165) is 0 Å². The van der Waals surface area contributed by atoms with Gasteiger partial charge in [0, 0.05) is 0 Å². The van der Waals surface area contributed by atoms with Crippen molar-refractivity contribution >= 4 is 11.8 Å². The molecule has 1 heteroatoms. The fourth-order valence-electron chi connectivity index (χ4n) is 1.91. The van der Waals surface area contributed by atoms with Crippen molar-refractivity contribution in [1.29, 1.82) is 0 Å². The smallest absolute Gasteiger partial charge is 0.0626 e. The molecule has 0 bridgehead atoms. The first kappa shape index (κ1) is 11.3. The van der Waals surface area contributed by atoms with Gasteiger partial charge in [-0.1, -0.05) is 60.7 Å². The number of thioether (sulfide) groups is 1. The Bertz CT molecular complexity index is 394. The van der Waals surface area contributed by atoms with E-state index in [2.05, 4.69) is 73.8 Å². The van der Waals surface area contributed by atoms with E-state index >= 15 is 0 Å². The topological polar surface area (TPSA) is 0 Å². The average Bonchev–Trinajstić information content (AvgIpc) is 2.40. The van der Waals surface area contributed by atoms with E-state index in [4.69, 9.17) is 0 Å².